The minimum absolute atomic E-state index is 0.438. The van der Waals surface area contributed by atoms with Crippen LogP contribution < -0.4 is 5.73 Å². The van der Waals surface area contributed by atoms with Gasteiger partial charge in [-0.3, -0.25) is 4.79 Å². The van der Waals surface area contributed by atoms with Crippen LogP contribution in [-0.2, 0) is 0 Å². The molecule has 0 aromatic heterocycles. The van der Waals surface area contributed by atoms with E-state index in [9.17, 15) is 9.90 Å². The summed E-state index contributed by atoms with van der Waals surface area (Å²) in [5, 5.41) is 9.76. The van der Waals surface area contributed by atoms with Crippen LogP contribution in [0.5, 0.6) is 0 Å². The number of benzene rings is 1. The number of hydrogen-bond acceptors (Lipinski definition) is 2. The van der Waals surface area contributed by atoms with Crippen LogP contribution >= 0.6 is 0 Å². The number of hydrogen-bond donors (Lipinski definition) is 2. The molecule has 1 unspecified atom stereocenters. The molecule has 1 rings (SSSR count). The van der Waals surface area contributed by atoms with Crippen LogP contribution in [-0.4, -0.2) is 11.0 Å². The summed E-state index contributed by atoms with van der Waals surface area (Å²) in [6, 6.07) is 6.79. The largest absolute Gasteiger partial charge is 0.388 e. The fourth-order valence-electron chi connectivity index (χ4n) is 1.43. The molecule has 0 fully saturated rings. The number of amides is 1. The van der Waals surface area contributed by atoms with Crippen molar-refractivity contribution in [3.05, 3.63) is 35.4 Å². The number of aliphatic hydroxyl groups excluding tert-OH is 1. The third-order valence-corrected chi connectivity index (χ3v) is 2.41. The average Bonchev–Trinajstić information content (AvgIpc) is 2.26. The van der Waals surface area contributed by atoms with Gasteiger partial charge in [0, 0.05) is 5.56 Å². The highest BCUT2D eigenvalue weighted by Gasteiger charge is 2.07. The summed E-state index contributed by atoms with van der Waals surface area (Å²) in [5.41, 5.74) is 6.43. The van der Waals surface area contributed by atoms with Gasteiger partial charge in [0.15, 0.2) is 0 Å². The first-order valence-electron chi connectivity index (χ1n) is 5.23. The fraction of sp³-hybridized carbons (Fsp3) is 0.417. The third-order valence-electron chi connectivity index (χ3n) is 2.41. The quantitative estimate of drug-likeness (QED) is 0.775. The van der Waals surface area contributed by atoms with Crippen molar-refractivity contribution in [1.29, 1.82) is 0 Å². The van der Waals surface area contributed by atoms with Crippen molar-refractivity contribution in [2.75, 3.05) is 0 Å². The molecule has 82 valence electrons. The van der Waals surface area contributed by atoms with Crippen LogP contribution in [0.25, 0.3) is 0 Å². The lowest BCUT2D eigenvalue weighted by Gasteiger charge is -2.10. The first-order chi connectivity index (χ1) is 7.15. The molecule has 1 aromatic carbocycles. The lowest BCUT2D eigenvalue weighted by Crippen LogP contribution is -2.10. The highest BCUT2D eigenvalue weighted by atomic mass is 16.3. The van der Waals surface area contributed by atoms with Crippen molar-refractivity contribution < 1.29 is 9.90 Å². The molecule has 0 saturated carbocycles. The number of nitrogens with two attached hydrogens (primary N) is 1. The van der Waals surface area contributed by atoms with E-state index in [1.54, 1.807) is 24.3 Å². The predicted octanol–water partition coefficient (Wildman–Crippen LogP) is 2.01. The zero-order valence-electron chi connectivity index (χ0n) is 8.94. The zero-order valence-corrected chi connectivity index (χ0v) is 8.94. The Balaban J connectivity index is 2.66. The lowest BCUT2D eigenvalue weighted by molar-refractivity contribution is 0.1000. The van der Waals surface area contributed by atoms with Gasteiger partial charge in [-0.2, -0.15) is 0 Å². The van der Waals surface area contributed by atoms with Gasteiger partial charge in [-0.15, -0.1) is 0 Å². The summed E-state index contributed by atoms with van der Waals surface area (Å²) in [6.07, 6.45) is 2.38. The number of aliphatic hydroxyl groups is 1. The van der Waals surface area contributed by atoms with Gasteiger partial charge in [0.2, 0.25) is 5.91 Å². The van der Waals surface area contributed by atoms with Gasteiger partial charge in [0.05, 0.1) is 6.10 Å². The van der Waals surface area contributed by atoms with E-state index in [4.69, 9.17) is 5.73 Å². The second-order valence-corrected chi connectivity index (χ2v) is 3.64. The summed E-state index contributed by atoms with van der Waals surface area (Å²) >= 11 is 0. The van der Waals surface area contributed by atoms with E-state index in [-0.39, 0.29) is 0 Å². The minimum atomic E-state index is -0.440. The van der Waals surface area contributed by atoms with Crippen molar-refractivity contribution >= 4 is 5.91 Å². The number of rotatable bonds is 5. The van der Waals surface area contributed by atoms with Crippen LogP contribution in [0.1, 0.15) is 48.2 Å². The Bertz CT molecular complexity index is 319. The first-order valence-corrected chi connectivity index (χ1v) is 5.23. The molecule has 0 saturated heterocycles. The maximum atomic E-state index is 10.8. The molecule has 0 bridgehead atoms. The molecule has 1 atom stereocenters. The van der Waals surface area contributed by atoms with E-state index in [2.05, 4.69) is 6.92 Å². The van der Waals surface area contributed by atoms with Crippen LogP contribution in [0, 0.1) is 0 Å². The maximum absolute atomic E-state index is 10.8. The zero-order chi connectivity index (χ0) is 11.3. The van der Waals surface area contributed by atoms with Crippen molar-refractivity contribution in [1.82, 2.24) is 0 Å². The van der Waals surface area contributed by atoms with E-state index >= 15 is 0 Å². The Morgan fingerprint density at radius 3 is 2.47 bits per heavy atom. The lowest BCUT2D eigenvalue weighted by atomic mass is 10.0. The van der Waals surface area contributed by atoms with Crippen molar-refractivity contribution in [3.8, 4) is 0 Å². The van der Waals surface area contributed by atoms with E-state index in [1.807, 2.05) is 0 Å². The average molecular weight is 207 g/mol. The standard InChI is InChI=1S/C12H17NO2/c1-2-3-4-11(14)9-5-7-10(8-6-9)12(13)15/h5-8,11,14H,2-4H2,1H3,(H2,13,15). The topological polar surface area (TPSA) is 63.3 Å². The Morgan fingerprint density at radius 2 is 2.00 bits per heavy atom. The SMILES string of the molecule is CCCCC(O)c1ccc(C(N)=O)cc1. The molecule has 1 aromatic rings. The molecule has 3 N–H and O–H groups in total. The van der Waals surface area contributed by atoms with E-state index < -0.39 is 12.0 Å². The molecule has 0 radical (unpaired) electrons. The number of primary amides is 1. The van der Waals surface area contributed by atoms with Gasteiger partial charge >= 0.3 is 0 Å². The summed E-state index contributed by atoms with van der Waals surface area (Å²) in [4.78, 5) is 10.8. The fourth-order valence-corrected chi connectivity index (χ4v) is 1.43. The highest BCUT2D eigenvalue weighted by molar-refractivity contribution is 5.92. The van der Waals surface area contributed by atoms with E-state index in [0.29, 0.717) is 5.56 Å². The van der Waals surface area contributed by atoms with Crippen LogP contribution in [0.2, 0.25) is 0 Å². The summed E-state index contributed by atoms with van der Waals surface area (Å²) < 4.78 is 0. The molecule has 1 amide bonds. The predicted molar refractivity (Wildman–Crippen MR) is 59.4 cm³/mol. The second kappa shape index (κ2) is 5.51. The molecule has 0 aliphatic carbocycles. The van der Waals surface area contributed by atoms with Gasteiger partial charge in [-0.05, 0) is 24.1 Å². The van der Waals surface area contributed by atoms with Gasteiger partial charge in [0.25, 0.3) is 0 Å². The Labute approximate surface area is 89.9 Å². The van der Waals surface area contributed by atoms with E-state index in [0.717, 1.165) is 24.8 Å². The first kappa shape index (κ1) is 11.7. The second-order valence-electron chi connectivity index (χ2n) is 3.64. The molecule has 0 heterocycles. The van der Waals surface area contributed by atoms with Crippen molar-refractivity contribution in [2.45, 2.75) is 32.3 Å². The molecule has 15 heavy (non-hydrogen) atoms. The van der Waals surface area contributed by atoms with Gasteiger partial charge < -0.3 is 10.8 Å². The molecular weight excluding hydrogens is 190 g/mol. The maximum Gasteiger partial charge on any atom is 0.248 e. The number of carbonyl (C=O) groups excluding carboxylic acids is 1. The Kier molecular flexibility index (Phi) is 4.31. The Hall–Kier alpha value is -1.35. The minimum Gasteiger partial charge on any atom is -0.388 e. The van der Waals surface area contributed by atoms with Gasteiger partial charge in [-0.1, -0.05) is 31.9 Å². The number of carbonyl (C=O) groups is 1. The van der Waals surface area contributed by atoms with Gasteiger partial charge in [0.1, 0.15) is 0 Å². The van der Waals surface area contributed by atoms with Crippen LogP contribution in [0.15, 0.2) is 24.3 Å². The summed E-state index contributed by atoms with van der Waals surface area (Å²) in [7, 11) is 0. The number of unbranched alkanes of at least 4 members (excludes halogenated alkanes) is 1. The van der Waals surface area contributed by atoms with Crippen LogP contribution in [0.4, 0.5) is 0 Å². The molecule has 0 aliphatic rings. The normalized spacial score (nSPS) is 12.4. The molecule has 3 heteroatoms. The van der Waals surface area contributed by atoms with Gasteiger partial charge in [-0.25, -0.2) is 0 Å². The third kappa shape index (κ3) is 3.36. The highest BCUT2D eigenvalue weighted by Crippen LogP contribution is 2.19. The summed E-state index contributed by atoms with van der Waals surface area (Å²) in [6.45, 7) is 2.09. The molecule has 0 spiro atoms. The monoisotopic (exact) mass is 207 g/mol. The van der Waals surface area contributed by atoms with Crippen LogP contribution in [0.3, 0.4) is 0 Å². The molecular formula is C12H17NO2. The molecule has 3 nitrogen and oxygen atoms in total. The molecule has 0 aliphatic heterocycles. The smallest absolute Gasteiger partial charge is 0.248 e. The summed E-state index contributed by atoms with van der Waals surface area (Å²) in [5.74, 6) is -0.440. The Morgan fingerprint density at radius 1 is 1.40 bits per heavy atom. The van der Waals surface area contributed by atoms with Crippen molar-refractivity contribution in [3.63, 3.8) is 0 Å². The van der Waals surface area contributed by atoms with E-state index in [1.165, 1.54) is 0 Å². The van der Waals surface area contributed by atoms with Crippen molar-refractivity contribution in [2.24, 2.45) is 5.73 Å².